The number of nitrogens with one attached hydrogen (secondary N) is 1. The van der Waals surface area contributed by atoms with E-state index in [1.54, 1.807) is 0 Å². The van der Waals surface area contributed by atoms with Gasteiger partial charge in [0.15, 0.2) is 0 Å². The molecule has 0 fully saturated rings. The average molecular weight is 484 g/mol. The van der Waals surface area contributed by atoms with Gasteiger partial charge in [-0.15, -0.1) is 0 Å². The lowest BCUT2D eigenvalue weighted by Gasteiger charge is -2.13. The Balaban J connectivity index is 1.94. The lowest BCUT2D eigenvalue weighted by molar-refractivity contribution is 0.0979. The van der Waals surface area contributed by atoms with E-state index in [4.69, 9.17) is 37.4 Å². The molecule has 12 heteroatoms. The lowest BCUT2D eigenvalue weighted by Crippen LogP contribution is -2.31. The van der Waals surface area contributed by atoms with Gasteiger partial charge in [-0.3, -0.25) is 4.79 Å². The Morgan fingerprint density at radius 1 is 0.968 bits per heavy atom. The van der Waals surface area contributed by atoms with Crippen LogP contribution in [0.3, 0.4) is 0 Å². The van der Waals surface area contributed by atoms with Crippen molar-refractivity contribution in [1.82, 2.24) is 14.7 Å². The highest BCUT2D eigenvalue weighted by atomic mass is 35.5. The number of sulfonamides is 1. The van der Waals surface area contributed by atoms with Crippen molar-refractivity contribution >= 4 is 39.1 Å². The number of hydrogen-bond donors (Lipinski definition) is 1. The summed E-state index contributed by atoms with van der Waals surface area (Å²) in [4.78, 5) is 20.7. The molecule has 0 spiro atoms. The van der Waals surface area contributed by atoms with Crippen molar-refractivity contribution in [3.63, 3.8) is 0 Å². The van der Waals surface area contributed by atoms with Crippen LogP contribution >= 0.6 is 23.2 Å². The second-order valence-corrected chi connectivity index (χ2v) is 8.36. The summed E-state index contributed by atoms with van der Waals surface area (Å²) in [6.07, 6.45) is 0. The van der Waals surface area contributed by atoms with Gasteiger partial charge in [-0.05, 0) is 36.4 Å². The van der Waals surface area contributed by atoms with Crippen molar-refractivity contribution in [3.8, 4) is 23.5 Å². The maximum Gasteiger partial charge on any atom is 0.328 e. The van der Waals surface area contributed by atoms with E-state index in [0.717, 1.165) is 0 Å². The molecular formula is C19H15Cl2N3O6S. The monoisotopic (exact) mass is 483 g/mol. The van der Waals surface area contributed by atoms with E-state index in [9.17, 15) is 13.2 Å². The molecule has 0 aliphatic heterocycles. The number of halogens is 2. The second-order valence-electron chi connectivity index (χ2n) is 5.84. The molecule has 1 amide bonds. The van der Waals surface area contributed by atoms with E-state index in [-0.39, 0.29) is 39.0 Å². The van der Waals surface area contributed by atoms with Gasteiger partial charge in [-0.25, -0.2) is 13.1 Å². The predicted octanol–water partition coefficient (Wildman–Crippen LogP) is 3.71. The average Bonchev–Trinajstić information content (AvgIpc) is 2.73. The van der Waals surface area contributed by atoms with Crippen LogP contribution in [-0.2, 0) is 10.0 Å². The number of aromatic nitrogens is 2. The molecule has 9 nitrogen and oxygen atoms in total. The Morgan fingerprint density at radius 3 is 2.16 bits per heavy atom. The Morgan fingerprint density at radius 2 is 1.58 bits per heavy atom. The number of benzene rings is 2. The molecule has 162 valence electrons. The van der Waals surface area contributed by atoms with E-state index in [2.05, 4.69) is 9.97 Å². The van der Waals surface area contributed by atoms with Gasteiger partial charge in [0.2, 0.25) is 11.8 Å². The van der Waals surface area contributed by atoms with E-state index in [1.807, 2.05) is 4.72 Å². The Bertz CT molecular complexity index is 1200. The fourth-order valence-electron chi connectivity index (χ4n) is 2.39. The first-order valence-electron chi connectivity index (χ1n) is 8.49. The van der Waals surface area contributed by atoms with Crippen LogP contribution in [0.25, 0.3) is 0 Å². The highest BCUT2D eigenvalue weighted by Gasteiger charge is 2.24. The summed E-state index contributed by atoms with van der Waals surface area (Å²) in [5, 5.41) is 0.303. The van der Waals surface area contributed by atoms with Crippen molar-refractivity contribution < 1.29 is 27.4 Å². The van der Waals surface area contributed by atoms with Gasteiger partial charge in [0, 0.05) is 5.02 Å². The molecule has 3 aromatic rings. The minimum atomic E-state index is -4.20. The number of carbonyl (C=O) groups is 1. The molecule has 0 atom stereocenters. The summed E-state index contributed by atoms with van der Waals surface area (Å²) < 4.78 is 42.8. The number of carbonyl (C=O) groups excluding carboxylic acids is 1. The molecule has 0 saturated carbocycles. The van der Waals surface area contributed by atoms with Gasteiger partial charge >= 0.3 is 6.01 Å². The van der Waals surface area contributed by atoms with E-state index >= 15 is 0 Å². The van der Waals surface area contributed by atoms with Gasteiger partial charge in [0.25, 0.3) is 15.9 Å². The summed E-state index contributed by atoms with van der Waals surface area (Å²) in [5.74, 6) is -0.780. The first-order chi connectivity index (χ1) is 14.7. The third-order valence-corrected chi connectivity index (χ3v) is 5.75. The molecule has 31 heavy (non-hydrogen) atoms. The molecule has 0 aliphatic carbocycles. The summed E-state index contributed by atoms with van der Waals surface area (Å²) in [7, 11) is -1.41. The van der Waals surface area contributed by atoms with Gasteiger partial charge in [-0.1, -0.05) is 29.3 Å². The lowest BCUT2D eigenvalue weighted by atomic mass is 10.2. The number of ether oxygens (including phenoxy) is 3. The number of amides is 1. The van der Waals surface area contributed by atoms with E-state index < -0.39 is 15.9 Å². The number of nitrogens with zero attached hydrogens (tertiary/aromatic N) is 2. The van der Waals surface area contributed by atoms with Crippen LogP contribution in [0, 0.1) is 0 Å². The molecule has 0 bridgehead atoms. The van der Waals surface area contributed by atoms with Crippen LogP contribution in [0.5, 0.6) is 23.5 Å². The SMILES string of the molecule is COc1cc(OC)nc(Oc2cccc(Cl)c2C(=O)NS(=O)(=O)c2ccc(Cl)cc2)n1. The maximum atomic E-state index is 12.8. The van der Waals surface area contributed by atoms with Gasteiger partial charge in [0.05, 0.1) is 30.2 Å². The van der Waals surface area contributed by atoms with E-state index in [1.165, 1.54) is 62.8 Å². The minimum Gasteiger partial charge on any atom is -0.481 e. The van der Waals surface area contributed by atoms with Crippen molar-refractivity contribution in [3.05, 3.63) is 64.1 Å². The Hall–Kier alpha value is -3.08. The second kappa shape index (κ2) is 9.38. The van der Waals surface area contributed by atoms with Crippen LogP contribution in [-0.4, -0.2) is 38.5 Å². The highest BCUT2D eigenvalue weighted by Crippen LogP contribution is 2.31. The van der Waals surface area contributed by atoms with Crippen LogP contribution < -0.4 is 18.9 Å². The normalized spacial score (nSPS) is 11.0. The van der Waals surface area contributed by atoms with Gasteiger partial charge < -0.3 is 14.2 Å². The molecule has 1 aromatic heterocycles. The molecular weight excluding hydrogens is 469 g/mol. The summed E-state index contributed by atoms with van der Waals surface area (Å²) >= 11 is 11.9. The van der Waals surface area contributed by atoms with Crippen molar-refractivity contribution in [1.29, 1.82) is 0 Å². The third-order valence-electron chi connectivity index (χ3n) is 3.83. The standard InChI is InChI=1S/C19H15Cl2N3O6S/c1-28-15-10-16(29-2)23-19(22-15)30-14-5-3-4-13(21)17(14)18(25)24-31(26,27)12-8-6-11(20)7-9-12/h3-10H,1-2H3,(H,24,25). The van der Waals surface area contributed by atoms with Crippen LogP contribution in [0.15, 0.2) is 53.4 Å². The summed E-state index contributed by atoms with van der Waals surface area (Å²) in [6, 6.07) is 10.9. The minimum absolute atomic E-state index is 0.0452. The summed E-state index contributed by atoms with van der Waals surface area (Å²) in [5.41, 5.74) is -0.230. The van der Waals surface area contributed by atoms with Crippen LogP contribution in [0.1, 0.15) is 10.4 Å². The highest BCUT2D eigenvalue weighted by molar-refractivity contribution is 7.90. The summed E-state index contributed by atoms with van der Waals surface area (Å²) in [6.45, 7) is 0. The topological polar surface area (TPSA) is 117 Å². The van der Waals surface area contributed by atoms with Crippen molar-refractivity contribution in [2.75, 3.05) is 14.2 Å². The molecule has 0 radical (unpaired) electrons. The quantitative estimate of drug-likeness (QED) is 0.540. The molecule has 3 rings (SSSR count). The zero-order valence-corrected chi connectivity index (χ0v) is 18.5. The molecule has 0 saturated heterocycles. The smallest absolute Gasteiger partial charge is 0.328 e. The first kappa shape index (κ1) is 22.6. The van der Waals surface area contributed by atoms with Crippen molar-refractivity contribution in [2.45, 2.75) is 4.90 Å². The molecule has 0 unspecified atom stereocenters. The molecule has 0 aliphatic rings. The Kier molecular flexibility index (Phi) is 6.84. The third kappa shape index (κ3) is 5.35. The van der Waals surface area contributed by atoms with Gasteiger partial charge in [0.1, 0.15) is 11.3 Å². The fourth-order valence-corrected chi connectivity index (χ4v) is 3.73. The largest absolute Gasteiger partial charge is 0.481 e. The first-order valence-corrected chi connectivity index (χ1v) is 10.7. The van der Waals surface area contributed by atoms with Crippen molar-refractivity contribution in [2.24, 2.45) is 0 Å². The maximum absolute atomic E-state index is 12.8. The van der Waals surface area contributed by atoms with E-state index in [0.29, 0.717) is 5.02 Å². The number of methoxy groups -OCH3 is 2. The zero-order valence-electron chi connectivity index (χ0n) is 16.1. The van der Waals surface area contributed by atoms with Crippen LogP contribution in [0.4, 0.5) is 0 Å². The molecule has 1 heterocycles. The number of hydrogen-bond acceptors (Lipinski definition) is 8. The predicted molar refractivity (Wildman–Crippen MR) is 113 cm³/mol. The Labute approximate surface area is 187 Å². The van der Waals surface area contributed by atoms with Gasteiger partial charge in [-0.2, -0.15) is 9.97 Å². The zero-order chi connectivity index (χ0) is 22.6. The molecule has 2 aromatic carbocycles. The fraction of sp³-hybridized carbons (Fsp3) is 0.105. The number of rotatable bonds is 7. The van der Waals surface area contributed by atoms with Crippen LogP contribution in [0.2, 0.25) is 10.0 Å². The molecule has 1 N–H and O–H groups in total.